The Balaban J connectivity index is 1.63. The van der Waals surface area contributed by atoms with Crippen molar-refractivity contribution < 1.29 is 14.2 Å². The predicted molar refractivity (Wildman–Crippen MR) is 126 cm³/mol. The SMILES string of the molecule is COc1ccc(CCNc2cc(C)nc3c(-c4ccccc4OC)c(C)nn23)cc1OC. The molecule has 4 aromatic rings. The van der Waals surface area contributed by atoms with Gasteiger partial charge < -0.3 is 19.5 Å². The van der Waals surface area contributed by atoms with Gasteiger partial charge in [0.2, 0.25) is 0 Å². The zero-order valence-electron chi connectivity index (χ0n) is 19.1. The highest BCUT2D eigenvalue weighted by Gasteiger charge is 2.18. The van der Waals surface area contributed by atoms with E-state index in [-0.39, 0.29) is 0 Å². The fourth-order valence-corrected chi connectivity index (χ4v) is 3.91. The maximum absolute atomic E-state index is 5.58. The van der Waals surface area contributed by atoms with Crippen molar-refractivity contribution >= 4 is 11.5 Å². The number of aromatic nitrogens is 3. The molecule has 0 fully saturated rings. The van der Waals surface area contributed by atoms with E-state index in [1.165, 1.54) is 0 Å². The molecule has 0 radical (unpaired) electrons. The van der Waals surface area contributed by atoms with Gasteiger partial charge in [0.25, 0.3) is 0 Å². The summed E-state index contributed by atoms with van der Waals surface area (Å²) in [4.78, 5) is 4.79. The minimum atomic E-state index is 0.728. The van der Waals surface area contributed by atoms with Crippen molar-refractivity contribution in [3.63, 3.8) is 0 Å². The molecule has 2 heterocycles. The lowest BCUT2D eigenvalue weighted by atomic mass is 10.1. The van der Waals surface area contributed by atoms with E-state index in [2.05, 4.69) is 5.32 Å². The van der Waals surface area contributed by atoms with Crippen LogP contribution >= 0.6 is 0 Å². The highest BCUT2D eigenvalue weighted by atomic mass is 16.5. The first kappa shape index (κ1) is 21.5. The van der Waals surface area contributed by atoms with E-state index in [9.17, 15) is 0 Å². The number of benzene rings is 2. The van der Waals surface area contributed by atoms with Gasteiger partial charge in [0, 0.05) is 23.9 Å². The molecule has 0 bridgehead atoms. The van der Waals surface area contributed by atoms with Crippen molar-refractivity contribution in [2.45, 2.75) is 20.3 Å². The second kappa shape index (κ2) is 9.18. The fraction of sp³-hybridized carbons (Fsp3) is 0.280. The van der Waals surface area contributed by atoms with E-state index in [0.717, 1.165) is 69.8 Å². The number of hydrogen-bond donors (Lipinski definition) is 1. The predicted octanol–water partition coefficient (Wildman–Crippen LogP) is 4.69. The zero-order valence-corrected chi connectivity index (χ0v) is 19.1. The number of nitrogens with one attached hydrogen (secondary N) is 1. The molecule has 0 amide bonds. The molecule has 0 aliphatic carbocycles. The summed E-state index contributed by atoms with van der Waals surface area (Å²) >= 11 is 0. The van der Waals surface area contributed by atoms with Gasteiger partial charge in [0.05, 0.1) is 32.6 Å². The van der Waals surface area contributed by atoms with Crippen LogP contribution in [0.1, 0.15) is 17.0 Å². The average molecular weight is 433 g/mol. The molecular weight excluding hydrogens is 404 g/mol. The Hall–Kier alpha value is -3.74. The van der Waals surface area contributed by atoms with Gasteiger partial charge in [-0.2, -0.15) is 9.61 Å². The minimum Gasteiger partial charge on any atom is -0.496 e. The molecule has 0 saturated heterocycles. The number of hydrogen-bond acceptors (Lipinski definition) is 6. The largest absolute Gasteiger partial charge is 0.496 e. The van der Waals surface area contributed by atoms with Crippen LogP contribution in [-0.2, 0) is 6.42 Å². The van der Waals surface area contributed by atoms with Crippen molar-refractivity contribution in [1.29, 1.82) is 0 Å². The van der Waals surface area contributed by atoms with Crippen molar-refractivity contribution in [1.82, 2.24) is 14.6 Å². The van der Waals surface area contributed by atoms with Crippen LogP contribution in [0.3, 0.4) is 0 Å². The smallest absolute Gasteiger partial charge is 0.165 e. The Morgan fingerprint density at radius 2 is 1.62 bits per heavy atom. The first-order chi connectivity index (χ1) is 15.5. The number of nitrogens with zero attached hydrogens (tertiary/aromatic N) is 3. The summed E-state index contributed by atoms with van der Waals surface area (Å²) in [7, 11) is 4.97. The molecule has 32 heavy (non-hydrogen) atoms. The molecule has 0 saturated carbocycles. The van der Waals surface area contributed by atoms with Gasteiger partial charge in [0.1, 0.15) is 11.6 Å². The van der Waals surface area contributed by atoms with Gasteiger partial charge in [-0.15, -0.1) is 0 Å². The van der Waals surface area contributed by atoms with Gasteiger partial charge >= 0.3 is 0 Å². The third kappa shape index (κ3) is 4.06. The van der Waals surface area contributed by atoms with Gasteiger partial charge in [-0.05, 0) is 44.0 Å². The van der Waals surface area contributed by atoms with Crippen LogP contribution in [-0.4, -0.2) is 42.5 Å². The average Bonchev–Trinajstić information content (AvgIpc) is 3.14. The lowest BCUT2D eigenvalue weighted by Crippen LogP contribution is -2.10. The molecule has 7 nitrogen and oxygen atoms in total. The van der Waals surface area contributed by atoms with Crippen LogP contribution in [0.4, 0.5) is 5.82 Å². The molecule has 0 spiro atoms. The van der Waals surface area contributed by atoms with E-state index in [1.54, 1.807) is 21.3 Å². The monoisotopic (exact) mass is 432 g/mol. The normalized spacial score (nSPS) is 10.9. The van der Waals surface area contributed by atoms with Crippen molar-refractivity contribution in [2.24, 2.45) is 0 Å². The Morgan fingerprint density at radius 3 is 2.38 bits per heavy atom. The molecule has 2 aromatic carbocycles. The minimum absolute atomic E-state index is 0.728. The van der Waals surface area contributed by atoms with Crippen LogP contribution in [0.15, 0.2) is 48.5 Å². The standard InChI is InChI=1S/C25H28N4O3/c1-16-14-23(26-13-12-18-10-11-21(31-4)22(15-18)32-5)29-25(27-16)24(17(2)28-29)19-8-6-7-9-20(19)30-3/h6-11,14-15,26H,12-13H2,1-5H3. The highest BCUT2D eigenvalue weighted by molar-refractivity contribution is 5.84. The lowest BCUT2D eigenvalue weighted by Gasteiger charge is -2.12. The number of fused-ring (bicyclic) bond motifs is 1. The molecule has 0 aliphatic rings. The third-order valence-corrected chi connectivity index (χ3v) is 5.44. The van der Waals surface area contributed by atoms with Crippen LogP contribution in [0.5, 0.6) is 17.2 Å². The molecule has 166 valence electrons. The summed E-state index contributed by atoms with van der Waals surface area (Å²) in [5.74, 6) is 3.16. The number of rotatable bonds is 8. The summed E-state index contributed by atoms with van der Waals surface area (Å²) in [6, 6.07) is 16.0. The molecule has 7 heteroatoms. The Bertz CT molecular complexity index is 1250. The summed E-state index contributed by atoms with van der Waals surface area (Å²) in [6.45, 7) is 4.73. The Labute approximate surface area is 188 Å². The van der Waals surface area contributed by atoms with Gasteiger partial charge in [0.15, 0.2) is 17.1 Å². The van der Waals surface area contributed by atoms with Gasteiger partial charge in [-0.3, -0.25) is 0 Å². The quantitative estimate of drug-likeness (QED) is 0.435. The second-order valence-corrected chi connectivity index (χ2v) is 7.54. The van der Waals surface area contributed by atoms with Gasteiger partial charge in [-0.25, -0.2) is 4.98 Å². The zero-order chi connectivity index (χ0) is 22.7. The fourth-order valence-electron chi connectivity index (χ4n) is 3.91. The first-order valence-electron chi connectivity index (χ1n) is 10.5. The van der Waals surface area contributed by atoms with Crippen molar-refractivity contribution in [3.8, 4) is 28.4 Å². The molecular formula is C25H28N4O3. The Morgan fingerprint density at radius 1 is 0.875 bits per heavy atom. The van der Waals surface area contributed by atoms with Crippen LogP contribution in [0.25, 0.3) is 16.8 Å². The van der Waals surface area contributed by atoms with Crippen LogP contribution in [0, 0.1) is 13.8 Å². The number of anilines is 1. The third-order valence-electron chi connectivity index (χ3n) is 5.44. The van der Waals surface area contributed by atoms with Crippen molar-refractivity contribution in [2.75, 3.05) is 33.2 Å². The second-order valence-electron chi connectivity index (χ2n) is 7.54. The van der Waals surface area contributed by atoms with E-state index in [4.69, 9.17) is 24.3 Å². The number of ether oxygens (including phenoxy) is 3. The molecule has 1 N–H and O–H groups in total. The van der Waals surface area contributed by atoms with Crippen LogP contribution < -0.4 is 19.5 Å². The maximum Gasteiger partial charge on any atom is 0.165 e. The van der Waals surface area contributed by atoms with E-state index >= 15 is 0 Å². The molecule has 0 aliphatic heterocycles. The number of aryl methyl sites for hydroxylation is 2. The summed E-state index contributed by atoms with van der Waals surface area (Å²) in [6.07, 6.45) is 0.822. The molecule has 0 unspecified atom stereocenters. The summed E-state index contributed by atoms with van der Waals surface area (Å²) in [5, 5.41) is 8.30. The van der Waals surface area contributed by atoms with Gasteiger partial charge in [-0.1, -0.05) is 24.3 Å². The lowest BCUT2D eigenvalue weighted by molar-refractivity contribution is 0.354. The summed E-state index contributed by atoms with van der Waals surface area (Å²) in [5.41, 5.74) is 5.74. The maximum atomic E-state index is 5.58. The van der Waals surface area contributed by atoms with E-state index in [0.29, 0.717) is 0 Å². The first-order valence-corrected chi connectivity index (χ1v) is 10.5. The number of para-hydroxylation sites is 1. The van der Waals surface area contributed by atoms with E-state index < -0.39 is 0 Å². The molecule has 2 aromatic heterocycles. The van der Waals surface area contributed by atoms with E-state index in [1.807, 2.05) is 66.9 Å². The number of methoxy groups -OCH3 is 3. The summed E-state index contributed by atoms with van der Waals surface area (Å²) < 4.78 is 18.2. The molecule has 0 atom stereocenters. The highest BCUT2D eigenvalue weighted by Crippen LogP contribution is 2.35. The molecule has 4 rings (SSSR count). The Kier molecular flexibility index (Phi) is 6.16. The van der Waals surface area contributed by atoms with Crippen LogP contribution in [0.2, 0.25) is 0 Å². The topological polar surface area (TPSA) is 69.9 Å². The van der Waals surface area contributed by atoms with Crippen molar-refractivity contribution in [3.05, 3.63) is 65.5 Å².